The second-order valence-electron chi connectivity index (χ2n) is 13.7. The van der Waals surface area contributed by atoms with E-state index < -0.39 is 41.1 Å². The van der Waals surface area contributed by atoms with Crippen LogP contribution in [0.5, 0.6) is 6.01 Å². The number of carbonyl (C=O) groups excluding carboxylic acids is 1. The Labute approximate surface area is 269 Å². The fourth-order valence-corrected chi connectivity index (χ4v) is 8.62. The summed E-state index contributed by atoms with van der Waals surface area (Å²) < 4.78 is 67.4. The Morgan fingerprint density at radius 2 is 2.04 bits per heavy atom. The first-order chi connectivity index (χ1) is 22.7. The fraction of sp³-hybridized carbons (Fsp3) is 0.486. The van der Waals surface area contributed by atoms with Gasteiger partial charge in [0.2, 0.25) is 6.54 Å². The normalized spacial score (nSPS) is 27.8. The molecule has 12 heteroatoms. The van der Waals surface area contributed by atoms with Gasteiger partial charge >= 0.3 is 6.01 Å². The summed E-state index contributed by atoms with van der Waals surface area (Å²) in [6.07, 6.45) is 2.91. The molecule has 1 amide bonds. The number of rotatable bonds is 7. The molecular weight excluding hydrogens is 612 g/mol. The quantitative estimate of drug-likeness (QED) is 0.189. The summed E-state index contributed by atoms with van der Waals surface area (Å²) >= 11 is 0. The Hall–Kier alpha value is -4.24. The predicted molar refractivity (Wildman–Crippen MR) is 167 cm³/mol. The van der Waals surface area contributed by atoms with Gasteiger partial charge in [-0.25, -0.2) is 24.1 Å². The van der Waals surface area contributed by atoms with E-state index in [1.165, 1.54) is 11.0 Å². The van der Waals surface area contributed by atoms with Crippen LogP contribution in [-0.4, -0.2) is 89.3 Å². The lowest BCUT2D eigenvalue weighted by Crippen LogP contribution is -2.56. The van der Waals surface area contributed by atoms with E-state index in [9.17, 15) is 13.6 Å². The highest BCUT2D eigenvalue weighted by molar-refractivity contribution is 5.95. The second kappa shape index (κ2) is 11.2. The van der Waals surface area contributed by atoms with Crippen LogP contribution < -0.4 is 9.64 Å². The largest absolute Gasteiger partial charge is 0.461 e. The number of halogens is 4. The highest BCUT2D eigenvalue weighted by Gasteiger charge is 2.50. The number of anilines is 1. The van der Waals surface area contributed by atoms with Gasteiger partial charge in [-0.15, -0.1) is 0 Å². The molecule has 0 N–H and O–H groups in total. The zero-order chi connectivity index (χ0) is 32.6. The molecule has 4 heterocycles. The van der Waals surface area contributed by atoms with Crippen LogP contribution in [0.4, 0.5) is 23.4 Å². The minimum atomic E-state index is -1.12. The van der Waals surface area contributed by atoms with E-state index in [0.717, 1.165) is 43.4 Å². The average molecular weight is 647 g/mol. The topological polar surface area (TPSA) is 66.2 Å². The minimum Gasteiger partial charge on any atom is -0.461 e. The maximum atomic E-state index is 16.8. The number of nitrogens with zero attached hydrogens (tertiary/aromatic N) is 6. The molecule has 2 unspecified atom stereocenters. The Balaban J connectivity index is 1.22. The molecule has 5 atom stereocenters. The number of hydrogen-bond acceptors (Lipinski definition) is 6. The highest BCUT2D eigenvalue weighted by atomic mass is 19.1. The van der Waals surface area contributed by atoms with Gasteiger partial charge < -0.3 is 19.4 Å². The maximum Gasteiger partial charge on any atom is 0.319 e. The van der Waals surface area contributed by atoms with E-state index in [4.69, 9.17) is 11.3 Å². The lowest BCUT2D eigenvalue weighted by atomic mass is 9.93. The lowest BCUT2D eigenvalue weighted by Gasteiger charge is -2.39. The van der Waals surface area contributed by atoms with E-state index >= 15 is 8.78 Å². The molecule has 0 bridgehead atoms. The molecule has 8 nitrogen and oxygen atoms in total. The third kappa shape index (κ3) is 4.93. The van der Waals surface area contributed by atoms with Crippen LogP contribution in [0.3, 0.4) is 0 Å². The first-order valence-electron chi connectivity index (χ1n) is 16.2. The molecule has 3 saturated heterocycles. The van der Waals surface area contributed by atoms with Gasteiger partial charge in [0.15, 0.2) is 11.6 Å². The van der Waals surface area contributed by atoms with Crippen molar-refractivity contribution in [2.45, 2.75) is 55.8 Å². The molecule has 3 aromatic rings. The Morgan fingerprint density at radius 1 is 1.19 bits per heavy atom. The van der Waals surface area contributed by atoms with E-state index in [-0.39, 0.29) is 61.1 Å². The Morgan fingerprint density at radius 3 is 2.85 bits per heavy atom. The summed E-state index contributed by atoms with van der Waals surface area (Å²) in [5, 5.41) is 0.119. The van der Waals surface area contributed by atoms with Gasteiger partial charge in [-0.3, -0.25) is 9.69 Å². The van der Waals surface area contributed by atoms with Gasteiger partial charge in [-0.1, -0.05) is 24.8 Å². The summed E-state index contributed by atoms with van der Waals surface area (Å²) in [4.78, 5) is 30.2. The molecule has 47 heavy (non-hydrogen) atoms. The number of ether oxygens (including phenoxy) is 1. The number of amides is 1. The molecule has 1 aromatic heterocycles. The number of benzene rings is 2. The molecule has 8 rings (SSSR count). The van der Waals surface area contributed by atoms with Crippen molar-refractivity contribution in [3.63, 3.8) is 0 Å². The minimum absolute atomic E-state index is 0.0428. The van der Waals surface area contributed by atoms with Crippen LogP contribution in [0, 0.1) is 24.1 Å². The van der Waals surface area contributed by atoms with Crippen LogP contribution in [-0.2, 0) is 11.2 Å². The molecule has 244 valence electrons. The first kappa shape index (κ1) is 30.1. The van der Waals surface area contributed by atoms with Crippen molar-refractivity contribution in [2.24, 2.45) is 5.92 Å². The second-order valence-corrected chi connectivity index (χ2v) is 13.7. The van der Waals surface area contributed by atoms with Crippen molar-refractivity contribution in [2.75, 3.05) is 50.8 Å². The molecule has 0 spiro atoms. The first-order valence-corrected chi connectivity index (χ1v) is 16.2. The Bertz CT molecular complexity index is 1860. The molecule has 5 aliphatic rings. The number of carbonyl (C=O) groups is 1. The van der Waals surface area contributed by atoms with E-state index in [1.54, 1.807) is 11.0 Å². The SMILES string of the molecule is [C-]#[N+]C[C@H]1CN(c2nc(OC[C@@]34CCCN3C[C@H](F)C4)nc3c(F)c(-c4cccc5c4CC4CC54)c(F)cc23)CCN1C(=O)C(=C)F. The van der Waals surface area contributed by atoms with Crippen LogP contribution in [0.25, 0.3) is 26.9 Å². The van der Waals surface area contributed by atoms with Crippen LogP contribution in [0.15, 0.2) is 36.7 Å². The number of hydrogen-bond donors (Lipinski definition) is 0. The van der Waals surface area contributed by atoms with E-state index in [0.29, 0.717) is 30.4 Å². The smallest absolute Gasteiger partial charge is 0.319 e. The third-order valence-electron chi connectivity index (χ3n) is 10.9. The van der Waals surface area contributed by atoms with Gasteiger partial charge in [0.25, 0.3) is 5.91 Å². The lowest BCUT2D eigenvalue weighted by molar-refractivity contribution is -0.131. The van der Waals surface area contributed by atoms with Crippen molar-refractivity contribution in [3.05, 3.63) is 70.8 Å². The molecule has 2 aromatic carbocycles. The van der Waals surface area contributed by atoms with Gasteiger partial charge in [0.05, 0.1) is 11.1 Å². The predicted octanol–water partition coefficient (Wildman–Crippen LogP) is 5.61. The summed E-state index contributed by atoms with van der Waals surface area (Å²) in [5.41, 5.74) is 1.87. The average Bonchev–Trinajstić information content (AvgIpc) is 3.39. The van der Waals surface area contributed by atoms with Gasteiger partial charge in [0.1, 0.15) is 36.0 Å². The molecule has 1 saturated carbocycles. The molecule has 3 aliphatic heterocycles. The van der Waals surface area contributed by atoms with Crippen molar-refractivity contribution >= 4 is 22.6 Å². The number of aromatic nitrogens is 2. The standard InChI is InChI=1S/C35H34F4N6O2/c1-19(36)33(46)45-10-9-43(17-22(45)15-40-2)32-27-13-28(38)29(24-6-3-5-23-25-11-20(25)12-26(23)24)30(39)31(27)41-34(42-32)47-18-35-7-4-8-44(35)16-21(37)14-35/h3,5-6,13,20-22,25H,1,4,7-12,14-18H2/t20?,21-,22+,25?,35+/m1/s1. The summed E-state index contributed by atoms with van der Waals surface area (Å²) in [6, 6.07) is 6.04. The van der Waals surface area contributed by atoms with Crippen molar-refractivity contribution < 1.29 is 27.1 Å². The number of alkyl halides is 1. The highest BCUT2D eigenvalue weighted by Crippen LogP contribution is 2.58. The van der Waals surface area contributed by atoms with Gasteiger partial charge in [0, 0.05) is 38.0 Å². The Kier molecular flexibility index (Phi) is 7.17. The summed E-state index contributed by atoms with van der Waals surface area (Å²) in [5.74, 6) is -2.44. The molecule has 0 radical (unpaired) electrons. The zero-order valence-corrected chi connectivity index (χ0v) is 25.8. The van der Waals surface area contributed by atoms with E-state index in [2.05, 4.69) is 26.3 Å². The summed E-state index contributed by atoms with van der Waals surface area (Å²) in [7, 11) is 0. The van der Waals surface area contributed by atoms with Crippen molar-refractivity contribution in [1.29, 1.82) is 0 Å². The van der Waals surface area contributed by atoms with E-state index in [1.807, 2.05) is 12.1 Å². The fourth-order valence-electron chi connectivity index (χ4n) is 8.62. The molecule has 2 aliphatic carbocycles. The summed E-state index contributed by atoms with van der Waals surface area (Å²) in [6.45, 7) is 11.9. The van der Waals surface area contributed by atoms with Crippen LogP contribution in [0.1, 0.15) is 42.7 Å². The molecular formula is C35H34F4N6O2. The molecule has 4 fully saturated rings. The monoisotopic (exact) mass is 646 g/mol. The number of fused-ring (bicyclic) bond motifs is 5. The maximum absolute atomic E-state index is 16.8. The number of piperazine rings is 1. The van der Waals surface area contributed by atoms with Crippen LogP contribution >= 0.6 is 0 Å². The zero-order valence-electron chi connectivity index (χ0n) is 25.8. The van der Waals surface area contributed by atoms with Crippen molar-refractivity contribution in [1.82, 2.24) is 19.8 Å². The van der Waals surface area contributed by atoms with Gasteiger partial charge in [-0.05, 0) is 66.8 Å². The third-order valence-corrected chi connectivity index (χ3v) is 10.9. The van der Waals surface area contributed by atoms with Crippen molar-refractivity contribution in [3.8, 4) is 17.1 Å². The van der Waals surface area contributed by atoms with Gasteiger partial charge in [-0.2, -0.15) is 9.97 Å². The van der Waals surface area contributed by atoms with Crippen LogP contribution in [0.2, 0.25) is 0 Å².